The van der Waals surface area contributed by atoms with E-state index in [2.05, 4.69) is 20.6 Å². The largest absolute Gasteiger partial charge is 0.382 e. The van der Waals surface area contributed by atoms with Gasteiger partial charge < -0.3 is 25.7 Å². The number of fused-ring (bicyclic) bond motifs is 1. The summed E-state index contributed by atoms with van der Waals surface area (Å²) in [5.74, 6) is 1.01. The Bertz CT molecular complexity index is 577. The van der Waals surface area contributed by atoms with Crippen LogP contribution in [-0.2, 0) is 0 Å². The summed E-state index contributed by atoms with van der Waals surface area (Å²) in [6, 6.07) is -0.131. The number of amides is 2. The number of carbonyl (C=O) groups excluding carboxylic acids is 1. The molecule has 102 valence electrons. The van der Waals surface area contributed by atoms with E-state index in [1.807, 2.05) is 0 Å². The number of hydrogen-bond acceptors (Lipinski definition) is 5. The Morgan fingerprint density at radius 2 is 2.26 bits per heavy atom. The number of imidazole rings is 1. The maximum Gasteiger partial charge on any atom is 0.316 e. The number of hydrogen-bond donors (Lipinski definition) is 3. The molecule has 0 aromatic carbocycles. The van der Waals surface area contributed by atoms with Crippen LogP contribution in [0.25, 0.3) is 5.65 Å². The molecule has 0 aliphatic carbocycles. The molecule has 2 heterocycles. The van der Waals surface area contributed by atoms with Gasteiger partial charge in [0.15, 0.2) is 11.5 Å². The highest BCUT2D eigenvalue weighted by atomic mass is 16.2. The summed E-state index contributed by atoms with van der Waals surface area (Å²) < 4.78 is 1.79. The lowest BCUT2D eigenvalue weighted by Gasteiger charge is -2.12. The number of nitrogens with two attached hydrogens (primary N) is 1. The average Bonchev–Trinajstić information content (AvgIpc) is 2.81. The van der Waals surface area contributed by atoms with Crippen LogP contribution in [0.4, 0.5) is 16.4 Å². The van der Waals surface area contributed by atoms with Crippen molar-refractivity contribution in [3.63, 3.8) is 0 Å². The molecule has 0 fully saturated rings. The predicted octanol–water partition coefficient (Wildman–Crippen LogP) is -0.00540. The van der Waals surface area contributed by atoms with Gasteiger partial charge in [0.25, 0.3) is 0 Å². The maximum absolute atomic E-state index is 11.3. The molecule has 2 amide bonds. The second-order valence-corrected chi connectivity index (χ2v) is 4.23. The van der Waals surface area contributed by atoms with Crippen LogP contribution in [0.3, 0.4) is 0 Å². The molecule has 8 heteroatoms. The van der Waals surface area contributed by atoms with E-state index in [1.165, 1.54) is 4.90 Å². The van der Waals surface area contributed by atoms with E-state index in [-0.39, 0.29) is 6.03 Å². The van der Waals surface area contributed by atoms with E-state index in [4.69, 9.17) is 5.73 Å². The number of carbonyl (C=O) groups is 1. The van der Waals surface area contributed by atoms with Crippen LogP contribution in [0.1, 0.15) is 0 Å². The molecule has 8 nitrogen and oxygen atoms in total. The van der Waals surface area contributed by atoms with Crippen LogP contribution in [0.2, 0.25) is 0 Å². The zero-order valence-corrected chi connectivity index (χ0v) is 10.9. The van der Waals surface area contributed by atoms with Crippen molar-refractivity contribution >= 4 is 23.3 Å². The molecular weight excluding hydrogens is 246 g/mol. The third kappa shape index (κ3) is 3.03. The second kappa shape index (κ2) is 5.42. The zero-order chi connectivity index (χ0) is 13.8. The molecular formula is C11H17N7O. The van der Waals surface area contributed by atoms with Crippen molar-refractivity contribution in [3.8, 4) is 0 Å². The van der Waals surface area contributed by atoms with Crippen molar-refractivity contribution in [1.82, 2.24) is 24.6 Å². The lowest BCUT2D eigenvalue weighted by atomic mass is 10.5. The van der Waals surface area contributed by atoms with Crippen LogP contribution in [0.15, 0.2) is 18.6 Å². The van der Waals surface area contributed by atoms with Gasteiger partial charge in [-0.25, -0.2) is 14.8 Å². The highest BCUT2D eigenvalue weighted by Gasteiger charge is 2.06. The van der Waals surface area contributed by atoms with Gasteiger partial charge in [0, 0.05) is 39.6 Å². The molecule has 0 atom stereocenters. The van der Waals surface area contributed by atoms with E-state index in [0.717, 1.165) is 0 Å². The SMILES string of the molecule is CN(C)C(=O)NCCNc1nc(N)cn2ccnc12. The van der Waals surface area contributed by atoms with Crippen molar-refractivity contribution < 1.29 is 4.79 Å². The first-order chi connectivity index (χ1) is 9.08. The molecule has 2 aromatic rings. The number of nitrogens with zero attached hydrogens (tertiary/aromatic N) is 4. The monoisotopic (exact) mass is 263 g/mol. The summed E-state index contributed by atoms with van der Waals surface area (Å²) in [4.78, 5) is 21.2. The van der Waals surface area contributed by atoms with Gasteiger partial charge in [-0.1, -0.05) is 0 Å². The summed E-state index contributed by atoms with van der Waals surface area (Å²) in [5.41, 5.74) is 6.40. The van der Waals surface area contributed by atoms with Crippen LogP contribution < -0.4 is 16.4 Å². The Morgan fingerprint density at radius 1 is 1.47 bits per heavy atom. The highest BCUT2D eigenvalue weighted by Crippen LogP contribution is 2.13. The fourth-order valence-corrected chi connectivity index (χ4v) is 1.58. The maximum atomic E-state index is 11.3. The van der Waals surface area contributed by atoms with Crippen LogP contribution in [0.5, 0.6) is 0 Å². The van der Waals surface area contributed by atoms with Crippen molar-refractivity contribution in [2.24, 2.45) is 0 Å². The second-order valence-electron chi connectivity index (χ2n) is 4.23. The van der Waals surface area contributed by atoms with Crippen molar-refractivity contribution in [2.45, 2.75) is 0 Å². The Labute approximate surface area is 110 Å². The molecule has 0 unspecified atom stereocenters. The smallest absolute Gasteiger partial charge is 0.316 e. The molecule has 0 saturated heterocycles. The number of rotatable bonds is 4. The summed E-state index contributed by atoms with van der Waals surface area (Å²) in [7, 11) is 3.38. The number of aromatic nitrogens is 3. The van der Waals surface area contributed by atoms with Crippen molar-refractivity contribution in [1.29, 1.82) is 0 Å². The van der Waals surface area contributed by atoms with E-state index >= 15 is 0 Å². The first kappa shape index (κ1) is 12.9. The van der Waals surface area contributed by atoms with E-state index in [0.29, 0.717) is 30.4 Å². The Kier molecular flexibility index (Phi) is 3.69. The summed E-state index contributed by atoms with van der Waals surface area (Å²) in [6.07, 6.45) is 5.17. The van der Waals surface area contributed by atoms with Crippen molar-refractivity contribution in [3.05, 3.63) is 18.6 Å². The molecule has 2 rings (SSSR count). The minimum atomic E-state index is -0.131. The van der Waals surface area contributed by atoms with Gasteiger partial charge in [-0.2, -0.15) is 0 Å². The number of nitrogen functional groups attached to an aromatic ring is 1. The topological polar surface area (TPSA) is 101 Å². The molecule has 0 aliphatic heterocycles. The first-order valence-corrected chi connectivity index (χ1v) is 5.86. The van der Waals surface area contributed by atoms with Crippen molar-refractivity contribution in [2.75, 3.05) is 38.2 Å². The number of nitrogens with one attached hydrogen (secondary N) is 2. The molecule has 0 radical (unpaired) electrons. The molecule has 19 heavy (non-hydrogen) atoms. The minimum absolute atomic E-state index is 0.131. The lowest BCUT2D eigenvalue weighted by Crippen LogP contribution is -2.37. The number of urea groups is 1. The molecule has 4 N–H and O–H groups in total. The highest BCUT2D eigenvalue weighted by molar-refractivity contribution is 5.73. The van der Waals surface area contributed by atoms with Gasteiger partial charge in [0.05, 0.1) is 6.20 Å². The van der Waals surface area contributed by atoms with Gasteiger partial charge >= 0.3 is 6.03 Å². The molecule has 0 aliphatic rings. The fourth-order valence-electron chi connectivity index (χ4n) is 1.58. The lowest BCUT2D eigenvalue weighted by molar-refractivity contribution is 0.218. The normalized spacial score (nSPS) is 10.4. The van der Waals surface area contributed by atoms with E-state index < -0.39 is 0 Å². The minimum Gasteiger partial charge on any atom is -0.382 e. The van der Waals surface area contributed by atoms with Gasteiger partial charge in [0.2, 0.25) is 0 Å². The van der Waals surface area contributed by atoms with Crippen LogP contribution >= 0.6 is 0 Å². The molecule has 0 bridgehead atoms. The zero-order valence-electron chi connectivity index (χ0n) is 10.9. The average molecular weight is 263 g/mol. The summed E-state index contributed by atoms with van der Waals surface area (Å²) in [5, 5.41) is 5.85. The Balaban J connectivity index is 1.94. The number of anilines is 2. The quantitative estimate of drug-likeness (QED) is 0.674. The standard InChI is InChI=1S/C11H17N7O/c1-17(2)11(19)15-4-3-13-9-10-14-5-6-18(10)7-8(12)16-9/h5-7H,3-4,12H2,1-2H3,(H,13,16)(H,15,19). The predicted molar refractivity (Wildman–Crippen MR) is 73.0 cm³/mol. The van der Waals surface area contributed by atoms with E-state index in [9.17, 15) is 4.79 Å². The van der Waals surface area contributed by atoms with E-state index in [1.54, 1.807) is 37.1 Å². The van der Waals surface area contributed by atoms with Crippen LogP contribution in [-0.4, -0.2) is 52.5 Å². The van der Waals surface area contributed by atoms with Gasteiger partial charge in [0.1, 0.15) is 5.82 Å². The third-order valence-electron chi connectivity index (χ3n) is 2.49. The van der Waals surface area contributed by atoms with Gasteiger partial charge in [-0.3, -0.25) is 0 Å². The Hall–Kier alpha value is -2.51. The summed E-state index contributed by atoms with van der Waals surface area (Å²) in [6.45, 7) is 1.03. The Morgan fingerprint density at radius 3 is 3.00 bits per heavy atom. The molecule has 0 saturated carbocycles. The molecule has 2 aromatic heterocycles. The summed E-state index contributed by atoms with van der Waals surface area (Å²) >= 11 is 0. The van der Waals surface area contributed by atoms with Crippen LogP contribution in [0, 0.1) is 0 Å². The molecule has 0 spiro atoms. The fraction of sp³-hybridized carbons (Fsp3) is 0.364. The van der Waals surface area contributed by atoms with Gasteiger partial charge in [-0.05, 0) is 0 Å². The third-order valence-corrected chi connectivity index (χ3v) is 2.49. The van der Waals surface area contributed by atoms with Gasteiger partial charge in [-0.15, -0.1) is 0 Å². The first-order valence-electron chi connectivity index (χ1n) is 5.86.